The fourth-order valence-corrected chi connectivity index (χ4v) is 4.92. The van der Waals surface area contributed by atoms with E-state index >= 15 is 0 Å². The Labute approximate surface area is 120 Å². The van der Waals surface area contributed by atoms with E-state index in [1.54, 1.807) is 6.92 Å². The molecule has 0 saturated heterocycles. The molecule has 0 atom stereocenters. The molecule has 4 saturated carbocycles. The number of nitrogens with one attached hydrogen (secondary N) is 2. The lowest BCUT2D eigenvalue weighted by atomic mass is 9.53. The van der Waals surface area contributed by atoms with Crippen LogP contribution in [0.5, 0.6) is 0 Å². The van der Waals surface area contributed by atoms with E-state index in [9.17, 15) is 9.59 Å². The van der Waals surface area contributed by atoms with Crippen LogP contribution in [0.1, 0.15) is 45.4 Å². The highest BCUT2D eigenvalue weighted by molar-refractivity contribution is 5.94. The van der Waals surface area contributed by atoms with Crippen molar-refractivity contribution in [3.8, 4) is 0 Å². The molecular weight excluding hydrogens is 252 g/mol. The van der Waals surface area contributed by atoms with Gasteiger partial charge in [0.15, 0.2) is 0 Å². The molecule has 0 heterocycles. The minimum Gasteiger partial charge on any atom is -0.349 e. The van der Waals surface area contributed by atoms with Crippen LogP contribution in [0.2, 0.25) is 0 Å². The molecule has 0 aromatic carbocycles. The Hall–Kier alpha value is -1.32. The monoisotopic (exact) mass is 276 g/mol. The molecular formula is C16H24N2O2. The van der Waals surface area contributed by atoms with Gasteiger partial charge in [0.25, 0.3) is 0 Å². The Morgan fingerprint density at radius 3 is 2.05 bits per heavy atom. The van der Waals surface area contributed by atoms with Crippen LogP contribution in [0.25, 0.3) is 0 Å². The first kappa shape index (κ1) is 13.7. The number of carbonyl (C=O) groups excluding carboxylic acids is 2. The summed E-state index contributed by atoms with van der Waals surface area (Å²) in [4.78, 5) is 23.5. The van der Waals surface area contributed by atoms with E-state index in [-0.39, 0.29) is 23.9 Å². The molecule has 4 nitrogen and oxygen atoms in total. The number of hydrogen-bond acceptors (Lipinski definition) is 2. The first-order chi connectivity index (χ1) is 9.46. The second-order valence-electron chi connectivity index (χ2n) is 7.21. The standard InChI is InChI=1S/C16H24N2O2/c1-10(2)15(20)17-9-14(19)18-16-6-11-3-12(7-16)5-13(4-11)8-16/h11-13H,1,3-9H2,2H3,(H,17,20)(H,18,19). The molecule has 0 aromatic rings. The molecule has 4 fully saturated rings. The highest BCUT2D eigenvalue weighted by atomic mass is 16.2. The lowest BCUT2D eigenvalue weighted by Crippen LogP contribution is -2.61. The molecule has 0 spiro atoms. The highest BCUT2D eigenvalue weighted by Crippen LogP contribution is 2.55. The minimum atomic E-state index is -0.245. The zero-order valence-electron chi connectivity index (χ0n) is 12.2. The van der Waals surface area contributed by atoms with Gasteiger partial charge >= 0.3 is 0 Å². The van der Waals surface area contributed by atoms with Crippen molar-refractivity contribution in [1.82, 2.24) is 10.6 Å². The van der Waals surface area contributed by atoms with Gasteiger partial charge in [0.05, 0.1) is 6.54 Å². The maximum Gasteiger partial charge on any atom is 0.246 e. The summed E-state index contributed by atoms with van der Waals surface area (Å²) in [6.07, 6.45) is 7.50. The van der Waals surface area contributed by atoms with Crippen LogP contribution in [-0.2, 0) is 9.59 Å². The summed E-state index contributed by atoms with van der Waals surface area (Å²) < 4.78 is 0. The van der Waals surface area contributed by atoms with Gasteiger partial charge in [-0.3, -0.25) is 9.59 Å². The van der Waals surface area contributed by atoms with Crippen LogP contribution < -0.4 is 10.6 Å². The summed E-state index contributed by atoms with van der Waals surface area (Å²) in [5.74, 6) is 2.14. The molecule has 20 heavy (non-hydrogen) atoms. The van der Waals surface area contributed by atoms with Crippen LogP contribution in [-0.4, -0.2) is 23.9 Å². The average molecular weight is 276 g/mol. The Morgan fingerprint density at radius 2 is 1.60 bits per heavy atom. The van der Waals surface area contributed by atoms with Gasteiger partial charge in [-0.1, -0.05) is 6.58 Å². The first-order valence-electron chi connectivity index (χ1n) is 7.70. The van der Waals surface area contributed by atoms with E-state index in [1.807, 2.05) is 0 Å². The summed E-state index contributed by atoms with van der Waals surface area (Å²) >= 11 is 0. The van der Waals surface area contributed by atoms with E-state index < -0.39 is 0 Å². The third-order valence-corrected chi connectivity index (χ3v) is 5.24. The van der Waals surface area contributed by atoms with E-state index in [1.165, 1.54) is 19.3 Å². The quantitative estimate of drug-likeness (QED) is 0.769. The Balaban J connectivity index is 1.56. The van der Waals surface area contributed by atoms with Crippen LogP contribution in [0.4, 0.5) is 0 Å². The van der Waals surface area contributed by atoms with Crippen LogP contribution in [0.3, 0.4) is 0 Å². The van der Waals surface area contributed by atoms with E-state index in [4.69, 9.17) is 0 Å². The molecule has 4 heteroatoms. The number of hydrogen-bond donors (Lipinski definition) is 2. The number of amides is 2. The van der Waals surface area contributed by atoms with Crippen molar-refractivity contribution in [2.24, 2.45) is 17.8 Å². The second-order valence-corrected chi connectivity index (χ2v) is 7.21. The van der Waals surface area contributed by atoms with Crippen molar-refractivity contribution in [3.63, 3.8) is 0 Å². The third-order valence-electron chi connectivity index (χ3n) is 5.24. The summed E-state index contributed by atoms with van der Waals surface area (Å²) in [5, 5.41) is 5.85. The van der Waals surface area contributed by atoms with E-state index in [2.05, 4.69) is 17.2 Å². The van der Waals surface area contributed by atoms with Gasteiger partial charge in [-0.05, 0) is 63.2 Å². The molecule has 4 rings (SSSR count). The molecule has 0 aromatic heterocycles. The maximum atomic E-state index is 12.1. The average Bonchev–Trinajstić information content (AvgIpc) is 2.33. The topological polar surface area (TPSA) is 58.2 Å². The summed E-state index contributed by atoms with van der Waals surface area (Å²) in [5.41, 5.74) is 0.465. The third kappa shape index (κ3) is 2.60. The minimum absolute atomic E-state index is 0.0276. The van der Waals surface area contributed by atoms with Crippen molar-refractivity contribution < 1.29 is 9.59 Å². The molecule has 0 radical (unpaired) electrons. The van der Waals surface area contributed by atoms with E-state index in [0.29, 0.717) is 5.57 Å². The van der Waals surface area contributed by atoms with Gasteiger partial charge in [0, 0.05) is 11.1 Å². The lowest BCUT2D eigenvalue weighted by Gasteiger charge is -2.56. The van der Waals surface area contributed by atoms with Gasteiger partial charge in [-0.15, -0.1) is 0 Å². The largest absolute Gasteiger partial charge is 0.349 e. The molecule has 0 unspecified atom stereocenters. The van der Waals surface area contributed by atoms with Gasteiger partial charge in [0.2, 0.25) is 11.8 Å². The van der Waals surface area contributed by atoms with Gasteiger partial charge in [-0.2, -0.15) is 0 Å². The molecule has 0 aliphatic heterocycles. The molecule has 4 aliphatic rings. The van der Waals surface area contributed by atoms with Crippen LogP contribution in [0.15, 0.2) is 12.2 Å². The number of rotatable bonds is 4. The van der Waals surface area contributed by atoms with Crippen molar-refractivity contribution in [2.75, 3.05) is 6.54 Å². The normalized spacial score (nSPS) is 37.5. The SMILES string of the molecule is C=C(C)C(=O)NCC(=O)NC12CC3CC(CC(C3)C1)C2. The summed E-state index contributed by atoms with van der Waals surface area (Å²) in [6.45, 7) is 5.28. The van der Waals surface area contributed by atoms with Gasteiger partial charge < -0.3 is 10.6 Å². The fourth-order valence-electron chi connectivity index (χ4n) is 4.92. The lowest BCUT2D eigenvalue weighted by molar-refractivity contribution is -0.128. The second kappa shape index (κ2) is 4.90. The predicted molar refractivity (Wildman–Crippen MR) is 76.9 cm³/mol. The Bertz CT molecular complexity index is 420. The Morgan fingerprint density at radius 1 is 1.10 bits per heavy atom. The van der Waals surface area contributed by atoms with Gasteiger partial charge in [-0.25, -0.2) is 0 Å². The first-order valence-corrected chi connectivity index (χ1v) is 7.70. The Kier molecular flexibility index (Phi) is 3.35. The summed E-state index contributed by atoms with van der Waals surface area (Å²) in [6, 6.07) is 0. The maximum absolute atomic E-state index is 12.1. The zero-order chi connectivity index (χ0) is 14.3. The van der Waals surface area contributed by atoms with Crippen molar-refractivity contribution >= 4 is 11.8 Å². The van der Waals surface area contributed by atoms with Crippen molar-refractivity contribution in [3.05, 3.63) is 12.2 Å². The van der Waals surface area contributed by atoms with Gasteiger partial charge in [0.1, 0.15) is 0 Å². The smallest absolute Gasteiger partial charge is 0.246 e. The van der Waals surface area contributed by atoms with E-state index in [0.717, 1.165) is 37.0 Å². The number of carbonyl (C=O) groups is 2. The zero-order valence-corrected chi connectivity index (χ0v) is 12.2. The molecule has 4 bridgehead atoms. The fraction of sp³-hybridized carbons (Fsp3) is 0.750. The predicted octanol–water partition coefficient (Wildman–Crippen LogP) is 1.76. The summed E-state index contributed by atoms with van der Waals surface area (Å²) in [7, 11) is 0. The highest BCUT2D eigenvalue weighted by Gasteiger charge is 2.51. The molecule has 110 valence electrons. The molecule has 2 amide bonds. The van der Waals surface area contributed by atoms with Crippen molar-refractivity contribution in [2.45, 2.75) is 51.0 Å². The van der Waals surface area contributed by atoms with Crippen LogP contribution in [0, 0.1) is 17.8 Å². The van der Waals surface area contributed by atoms with Crippen molar-refractivity contribution in [1.29, 1.82) is 0 Å². The molecule has 2 N–H and O–H groups in total. The molecule has 4 aliphatic carbocycles. The van der Waals surface area contributed by atoms with Crippen LogP contribution >= 0.6 is 0 Å².